The van der Waals surface area contributed by atoms with E-state index < -0.39 is 10.0 Å². The molecule has 1 N–H and O–H groups in total. The van der Waals surface area contributed by atoms with Crippen molar-refractivity contribution >= 4 is 38.2 Å². The number of sulfonamides is 1. The molecular formula is C26H24ClN5O3S. The molecule has 36 heavy (non-hydrogen) atoms. The van der Waals surface area contributed by atoms with Crippen LogP contribution in [0.1, 0.15) is 31.7 Å². The first kappa shape index (κ1) is 24.1. The van der Waals surface area contributed by atoms with Crippen molar-refractivity contribution in [3.05, 3.63) is 65.4 Å². The zero-order chi connectivity index (χ0) is 25.3. The Bertz CT molecular complexity index is 1570. The molecule has 2 aromatic carbocycles. The third-order valence-electron chi connectivity index (χ3n) is 6.01. The van der Waals surface area contributed by atoms with Crippen LogP contribution in [0.3, 0.4) is 0 Å². The topological polar surface area (TPSA) is 110 Å². The van der Waals surface area contributed by atoms with E-state index in [2.05, 4.69) is 25.3 Å². The Morgan fingerprint density at radius 2 is 1.97 bits per heavy atom. The van der Waals surface area contributed by atoms with Gasteiger partial charge in [0.1, 0.15) is 11.8 Å². The minimum Gasteiger partial charge on any atom is -0.424 e. The first-order valence-corrected chi connectivity index (χ1v) is 13.7. The van der Waals surface area contributed by atoms with Crippen molar-refractivity contribution in [3.63, 3.8) is 0 Å². The maximum atomic E-state index is 12.2. The van der Waals surface area contributed by atoms with Gasteiger partial charge in [-0.3, -0.25) is 4.72 Å². The molecule has 0 radical (unpaired) electrons. The summed E-state index contributed by atoms with van der Waals surface area (Å²) in [5.74, 6) is 1.11. The van der Waals surface area contributed by atoms with E-state index in [1.165, 1.54) is 0 Å². The molecule has 0 unspecified atom stereocenters. The summed E-state index contributed by atoms with van der Waals surface area (Å²) in [6.45, 7) is 2.54. The average molecular weight is 522 g/mol. The smallest absolute Gasteiger partial charge is 0.321 e. The predicted molar refractivity (Wildman–Crippen MR) is 140 cm³/mol. The summed E-state index contributed by atoms with van der Waals surface area (Å²) < 4.78 is 34.9. The zero-order valence-electron chi connectivity index (χ0n) is 19.6. The number of fused-ring (bicyclic) bond motifs is 1. The number of hydrogen-bond acceptors (Lipinski definition) is 6. The molecule has 5 rings (SSSR count). The lowest BCUT2D eigenvalue weighted by Crippen LogP contribution is -2.16. The second kappa shape index (κ2) is 9.80. The molecule has 2 heterocycles. The van der Waals surface area contributed by atoms with Crippen molar-refractivity contribution in [3.8, 4) is 29.1 Å². The van der Waals surface area contributed by atoms with E-state index in [4.69, 9.17) is 16.3 Å². The second-order valence-electron chi connectivity index (χ2n) is 8.82. The fraction of sp³-hybridized carbons (Fsp3) is 0.269. The number of halogens is 1. The highest BCUT2D eigenvalue weighted by atomic mass is 35.5. The number of nitrogens with zero attached hydrogens (tertiary/aromatic N) is 4. The standard InChI is InChI=1S/C26H24ClN5O3S/c1-2-12-36(33,34)31-18-6-8-21(23(27)13-18)25-22(15-28)20-9-7-19(35-26-29-10-3-11-30-26)14-24(20)32(25)16-17-4-5-17/h3,6-11,13-14,17,31H,2,4-5,12,16H2,1H3. The molecule has 4 aromatic rings. The van der Waals surface area contributed by atoms with E-state index in [1.807, 2.05) is 12.1 Å². The van der Waals surface area contributed by atoms with Crippen molar-refractivity contribution < 1.29 is 13.2 Å². The summed E-state index contributed by atoms with van der Waals surface area (Å²) in [7, 11) is -3.45. The molecule has 0 saturated heterocycles. The highest BCUT2D eigenvalue weighted by Crippen LogP contribution is 2.42. The van der Waals surface area contributed by atoms with Crippen LogP contribution in [-0.4, -0.2) is 28.7 Å². The maximum absolute atomic E-state index is 12.2. The van der Waals surface area contributed by atoms with Crippen LogP contribution in [0, 0.1) is 17.2 Å². The van der Waals surface area contributed by atoms with E-state index in [9.17, 15) is 13.7 Å². The third-order valence-corrected chi connectivity index (χ3v) is 7.81. The number of benzene rings is 2. The van der Waals surface area contributed by atoms with Crippen LogP contribution in [0.2, 0.25) is 5.02 Å². The van der Waals surface area contributed by atoms with Gasteiger partial charge in [0.2, 0.25) is 10.0 Å². The first-order chi connectivity index (χ1) is 17.4. The fourth-order valence-corrected chi connectivity index (χ4v) is 5.64. The minimum atomic E-state index is -3.45. The summed E-state index contributed by atoms with van der Waals surface area (Å²) in [6, 6.07) is 14.9. The summed E-state index contributed by atoms with van der Waals surface area (Å²) in [6.07, 6.45) is 5.98. The lowest BCUT2D eigenvalue weighted by Gasteiger charge is -2.14. The summed E-state index contributed by atoms with van der Waals surface area (Å²) in [5.41, 5.74) is 3.12. The van der Waals surface area contributed by atoms with Gasteiger partial charge >= 0.3 is 6.01 Å². The molecule has 8 nitrogen and oxygen atoms in total. The lowest BCUT2D eigenvalue weighted by molar-refractivity contribution is 0.442. The van der Waals surface area contributed by atoms with Crippen LogP contribution in [-0.2, 0) is 16.6 Å². The van der Waals surface area contributed by atoms with Gasteiger partial charge in [-0.25, -0.2) is 18.4 Å². The Labute approximate surface area is 214 Å². The molecule has 0 bridgehead atoms. The minimum absolute atomic E-state index is 0.0268. The number of nitrogens with one attached hydrogen (secondary N) is 1. The normalized spacial score (nSPS) is 13.5. The molecule has 184 valence electrons. The van der Waals surface area contributed by atoms with Gasteiger partial charge in [0.25, 0.3) is 0 Å². The van der Waals surface area contributed by atoms with E-state index >= 15 is 0 Å². The molecule has 0 atom stereocenters. The van der Waals surface area contributed by atoms with Gasteiger partial charge in [-0.15, -0.1) is 0 Å². The molecule has 0 spiro atoms. The van der Waals surface area contributed by atoms with E-state index in [0.717, 1.165) is 30.3 Å². The van der Waals surface area contributed by atoms with Crippen LogP contribution in [0.5, 0.6) is 11.8 Å². The molecule has 0 aliphatic heterocycles. The number of aromatic nitrogens is 3. The highest BCUT2D eigenvalue weighted by molar-refractivity contribution is 7.92. The quantitative estimate of drug-likeness (QED) is 0.290. The molecule has 1 aliphatic carbocycles. The summed E-state index contributed by atoms with van der Waals surface area (Å²) in [4.78, 5) is 8.24. The number of ether oxygens (including phenoxy) is 1. The van der Waals surface area contributed by atoms with Gasteiger partial charge in [-0.05, 0) is 61.6 Å². The Hall–Kier alpha value is -3.61. The Morgan fingerprint density at radius 1 is 1.19 bits per heavy atom. The van der Waals surface area contributed by atoms with Gasteiger partial charge in [0, 0.05) is 41.6 Å². The van der Waals surface area contributed by atoms with Crippen LogP contribution >= 0.6 is 11.6 Å². The van der Waals surface area contributed by atoms with Crippen molar-refractivity contribution in [2.45, 2.75) is 32.7 Å². The van der Waals surface area contributed by atoms with Crippen molar-refractivity contribution in [2.75, 3.05) is 10.5 Å². The summed E-state index contributed by atoms with van der Waals surface area (Å²) >= 11 is 6.69. The Morgan fingerprint density at radius 3 is 2.64 bits per heavy atom. The third kappa shape index (κ3) is 5.01. The van der Waals surface area contributed by atoms with Crippen molar-refractivity contribution in [1.82, 2.24) is 14.5 Å². The van der Waals surface area contributed by atoms with Gasteiger partial charge in [0.05, 0.1) is 27.5 Å². The van der Waals surface area contributed by atoms with Gasteiger partial charge in [-0.1, -0.05) is 18.5 Å². The highest BCUT2D eigenvalue weighted by Gasteiger charge is 2.27. The molecule has 1 saturated carbocycles. The van der Waals surface area contributed by atoms with Crippen LogP contribution < -0.4 is 9.46 Å². The largest absolute Gasteiger partial charge is 0.424 e. The fourth-order valence-electron chi connectivity index (χ4n) is 4.25. The molecule has 1 fully saturated rings. The first-order valence-electron chi connectivity index (χ1n) is 11.7. The SMILES string of the molecule is CCCS(=O)(=O)Nc1ccc(-c2c(C#N)c3ccc(Oc4ncccn4)cc3n2CC2CC2)c(Cl)c1. The lowest BCUT2D eigenvalue weighted by atomic mass is 10.1. The van der Waals surface area contributed by atoms with Gasteiger partial charge in [-0.2, -0.15) is 5.26 Å². The molecular weight excluding hydrogens is 498 g/mol. The van der Waals surface area contributed by atoms with Crippen LogP contribution in [0.4, 0.5) is 5.69 Å². The second-order valence-corrected chi connectivity index (χ2v) is 11.1. The van der Waals surface area contributed by atoms with E-state index in [1.54, 1.807) is 49.6 Å². The zero-order valence-corrected chi connectivity index (χ0v) is 21.2. The van der Waals surface area contributed by atoms with Crippen molar-refractivity contribution in [2.24, 2.45) is 5.92 Å². The molecule has 10 heteroatoms. The van der Waals surface area contributed by atoms with Gasteiger partial charge < -0.3 is 9.30 Å². The monoisotopic (exact) mass is 521 g/mol. The summed E-state index contributed by atoms with van der Waals surface area (Å²) in [5, 5.41) is 11.3. The maximum Gasteiger partial charge on any atom is 0.321 e. The number of rotatable bonds is 9. The Balaban J connectivity index is 1.61. The Kier molecular flexibility index (Phi) is 6.56. The van der Waals surface area contributed by atoms with E-state index in [0.29, 0.717) is 45.6 Å². The molecule has 2 aromatic heterocycles. The molecule has 1 aliphatic rings. The number of anilines is 1. The average Bonchev–Trinajstić information content (AvgIpc) is 3.61. The predicted octanol–water partition coefficient (Wildman–Crippen LogP) is 5.98. The van der Waals surface area contributed by atoms with Crippen LogP contribution in [0.25, 0.3) is 22.2 Å². The number of hydrogen-bond donors (Lipinski definition) is 1. The van der Waals surface area contributed by atoms with Crippen molar-refractivity contribution in [1.29, 1.82) is 5.26 Å². The van der Waals surface area contributed by atoms with Gasteiger partial charge in [0.15, 0.2) is 0 Å². The van der Waals surface area contributed by atoms with E-state index in [-0.39, 0.29) is 11.8 Å². The van der Waals surface area contributed by atoms with Crippen LogP contribution in [0.15, 0.2) is 54.9 Å². The number of nitriles is 1. The molecule has 0 amide bonds.